The summed E-state index contributed by atoms with van der Waals surface area (Å²) < 4.78 is 11.0. The number of H-pyrrole nitrogens is 1. The zero-order valence-electron chi connectivity index (χ0n) is 12.1. The summed E-state index contributed by atoms with van der Waals surface area (Å²) in [6.45, 7) is 8.69. The highest BCUT2D eigenvalue weighted by Gasteiger charge is 2.31. The molecule has 1 atom stereocenters. The molecule has 0 fully saturated rings. The van der Waals surface area contributed by atoms with Gasteiger partial charge in [-0.2, -0.15) is 10.2 Å². The molecule has 0 aliphatic rings. The summed E-state index contributed by atoms with van der Waals surface area (Å²) in [5, 5.41) is 12.8. The summed E-state index contributed by atoms with van der Waals surface area (Å²) in [5.41, 5.74) is 0.950. The molecule has 0 saturated carbocycles. The van der Waals surface area contributed by atoms with Crippen LogP contribution in [0.4, 0.5) is 0 Å². The monoisotopic (exact) mass is 274 g/mol. The minimum atomic E-state index is -0.240. The Morgan fingerprint density at radius 2 is 2.20 bits per heavy atom. The molecule has 0 bridgehead atoms. The van der Waals surface area contributed by atoms with Crippen LogP contribution in [0.3, 0.4) is 0 Å². The zero-order valence-corrected chi connectivity index (χ0v) is 12.1. The lowest BCUT2D eigenvalue weighted by Gasteiger charge is -2.27. The lowest BCUT2D eigenvalue weighted by Crippen LogP contribution is -2.22. The van der Waals surface area contributed by atoms with E-state index in [0.717, 1.165) is 0 Å². The molecule has 0 aromatic carbocycles. The van der Waals surface area contributed by atoms with Gasteiger partial charge in [0.25, 0.3) is 5.89 Å². The molecule has 2 aromatic heterocycles. The lowest BCUT2D eigenvalue weighted by atomic mass is 9.88. The third-order valence-electron chi connectivity index (χ3n) is 2.83. The Labute approximate surface area is 117 Å². The molecule has 1 unspecified atom stereocenters. The number of aromatic amines is 1. The molecule has 0 radical (unpaired) electrons. The van der Waals surface area contributed by atoms with E-state index in [0.29, 0.717) is 29.7 Å². The van der Waals surface area contributed by atoms with E-state index in [2.05, 4.69) is 35.9 Å². The highest BCUT2D eigenvalue weighted by atomic mass is 16.5. The normalized spacial score (nSPS) is 13.2. The third-order valence-corrected chi connectivity index (χ3v) is 2.83. The van der Waals surface area contributed by atoms with Gasteiger partial charge in [-0.25, -0.2) is 0 Å². The Hall–Kier alpha value is -2.13. The Morgan fingerprint density at radius 3 is 2.75 bits per heavy atom. The van der Waals surface area contributed by atoms with Crippen molar-refractivity contribution < 1.29 is 9.26 Å². The molecule has 0 aliphatic carbocycles. The summed E-state index contributed by atoms with van der Waals surface area (Å²) in [6.07, 6.45) is -0.240. The Morgan fingerprint density at radius 1 is 1.45 bits per heavy atom. The van der Waals surface area contributed by atoms with Crippen LogP contribution in [0.5, 0.6) is 0 Å². The molecular weight excluding hydrogens is 256 g/mol. The van der Waals surface area contributed by atoms with E-state index >= 15 is 0 Å². The molecule has 2 rings (SSSR count). The molecule has 2 heterocycles. The summed E-state index contributed by atoms with van der Waals surface area (Å²) in [6, 6.07) is 5.43. The van der Waals surface area contributed by atoms with E-state index in [1.807, 2.05) is 13.0 Å². The van der Waals surface area contributed by atoms with Crippen LogP contribution in [0.15, 0.2) is 16.7 Å². The van der Waals surface area contributed by atoms with Gasteiger partial charge in [0, 0.05) is 6.61 Å². The van der Waals surface area contributed by atoms with Gasteiger partial charge in [0.05, 0.1) is 0 Å². The molecule has 0 aliphatic heterocycles. The van der Waals surface area contributed by atoms with E-state index in [1.165, 1.54) is 0 Å². The van der Waals surface area contributed by atoms with Gasteiger partial charge in [-0.3, -0.25) is 0 Å². The first-order chi connectivity index (χ1) is 9.45. The maximum Gasteiger partial charge on any atom is 0.274 e. The maximum absolute atomic E-state index is 8.80. The summed E-state index contributed by atoms with van der Waals surface area (Å²) in [4.78, 5) is 7.27. The molecule has 2 aromatic rings. The minimum absolute atomic E-state index is 0.134. The van der Waals surface area contributed by atoms with Crippen molar-refractivity contribution in [1.29, 1.82) is 5.26 Å². The standard InChI is InChI=1S/C14H18N4O2/c1-5-19-11(14(2,3)4)12-17-13(20-18-12)10-7-6-9(8-15)16-10/h6-7,11,16H,5H2,1-4H3. The van der Waals surface area contributed by atoms with E-state index < -0.39 is 0 Å². The van der Waals surface area contributed by atoms with Crippen LogP contribution in [-0.2, 0) is 4.74 Å². The van der Waals surface area contributed by atoms with Crippen LogP contribution in [0, 0.1) is 16.7 Å². The summed E-state index contributed by atoms with van der Waals surface area (Å²) in [7, 11) is 0. The number of nitriles is 1. The maximum atomic E-state index is 8.80. The van der Waals surface area contributed by atoms with Crippen molar-refractivity contribution in [3.05, 3.63) is 23.7 Å². The highest BCUT2D eigenvalue weighted by Crippen LogP contribution is 2.35. The van der Waals surface area contributed by atoms with Crippen LogP contribution in [0.2, 0.25) is 0 Å². The highest BCUT2D eigenvalue weighted by molar-refractivity contribution is 5.49. The van der Waals surface area contributed by atoms with Crippen LogP contribution in [-0.4, -0.2) is 21.7 Å². The van der Waals surface area contributed by atoms with Gasteiger partial charge in [-0.15, -0.1) is 0 Å². The lowest BCUT2D eigenvalue weighted by molar-refractivity contribution is -0.0203. The topological polar surface area (TPSA) is 87.7 Å². The van der Waals surface area contributed by atoms with E-state index in [9.17, 15) is 0 Å². The van der Waals surface area contributed by atoms with Gasteiger partial charge < -0.3 is 14.2 Å². The van der Waals surface area contributed by atoms with Gasteiger partial charge in [0.15, 0.2) is 0 Å². The van der Waals surface area contributed by atoms with Crippen molar-refractivity contribution in [2.24, 2.45) is 5.41 Å². The number of ether oxygens (including phenoxy) is 1. The predicted molar refractivity (Wildman–Crippen MR) is 72.6 cm³/mol. The third kappa shape index (κ3) is 2.89. The molecule has 0 amide bonds. The quantitative estimate of drug-likeness (QED) is 0.925. The number of nitrogens with one attached hydrogen (secondary N) is 1. The Bertz CT molecular complexity index is 616. The van der Waals surface area contributed by atoms with Crippen LogP contribution in [0.25, 0.3) is 11.6 Å². The molecular formula is C14H18N4O2. The molecule has 6 nitrogen and oxygen atoms in total. The number of hydrogen-bond donors (Lipinski definition) is 1. The summed E-state index contributed by atoms with van der Waals surface area (Å²) in [5.74, 6) is 0.873. The average molecular weight is 274 g/mol. The molecule has 6 heteroatoms. The Kier molecular flexibility index (Phi) is 3.91. The first-order valence-electron chi connectivity index (χ1n) is 6.50. The number of nitrogens with zero attached hydrogens (tertiary/aromatic N) is 3. The fourth-order valence-corrected chi connectivity index (χ4v) is 1.91. The van der Waals surface area contributed by atoms with Crippen molar-refractivity contribution in [2.45, 2.75) is 33.8 Å². The second-order valence-corrected chi connectivity index (χ2v) is 5.56. The Balaban J connectivity index is 2.29. The molecule has 20 heavy (non-hydrogen) atoms. The molecule has 0 saturated heterocycles. The average Bonchev–Trinajstić information content (AvgIpc) is 3.02. The minimum Gasteiger partial charge on any atom is -0.370 e. The predicted octanol–water partition coefficient (Wildman–Crippen LogP) is 3.06. The van der Waals surface area contributed by atoms with Gasteiger partial charge >= 0.3 is 0 Å². The second-order valence-electron chi connectivity index (χ2n) is 5.56. The fraction of sp³-hybridized carbons (Fsp3) is 0.500. The number of aromatic nitrogens is 3. The second kappa shape index (κ2) is 5.47. The van der Waals surface area contributed by atoms with Gasteiger partial charge in [-0.1, -0.05) is 25.9 Å². The van der Waals surface area contributed by atoms with E-state index in [1.54, 1.807) is 12.1 Å². The van der Waals surface area contributed by atoms with Gasteiger partial charge in [0.1, 0.15) is 23.6 Å². The van der Waals surface area contributed by atoms with Crippen molar-refractivity contribution in [3.63, 3.8) is 0 Å². The van der Waals surface area contributed by atoms with Crippen molar-refractivity contribution in [3.8, 4) is 17.7 Å². The summed E-state index contributed by atoms with van der Waals surface area (Å²) >= 11 is 0. The molecule has 1 N–H and O–H groups in total. The van der Waals surface area contributed by atoms with Crippen molar-refractivity contribution in [1.82, 2.24) is 15.1 Å². The SMILES string of the molecule is CCOC(c1noc(-c2ccc(C#N)[nH]2)n1)C(C)(C)C. The largest absolute Gasteiger partial charge is 0.370 e. The van der Waals surface area contributed by atoms with Crippen molar-refractivity contribution >= 4 is 0 Å². The van der Waals surface area contributed by atoms with E-state index in [4.69, 9.17) is 14.5 Å². The molecule has 106 valence electrons. The van der Waals surface area contributed by atoms with Crippen LogP contribution < -0.4 is 0 Å². The number of hydrogen-bond acceptors (Lipinski definition) is 5. The number of rotatable bonds is 4. The first kappa shape index (κ1) is 14.3. The zero-order chi connectivity index (χ0) is 14.8. The van der Waals surface area contributed by atoms with E-state index in [-0.39, 0.29) is 11.5 Å². The van der Waals surface area contributed by atoms with Gasteiger partial charge in [-0.05, 0) is 24.5 Å². The molecule has 0 spiro atoms. The smallest absolute Gasteiger partial charge is 0.274 e. The fourth-order valence-electron chi connectivity index (χ4n) is 1.91. The van der Waals surface area contributed by atoms with Crippen LogP contribution in [0.1, 0.15) is 45.3 Å². The van der Waals surface area contributed by atoms with Crippen molar-refractivity contribution in [2.75, 3.05) is 6.61 Å². The first-order valence-corrected chi connectivity index (χ1v) is 6.50. The van der Waals surface area contributed by atoms with Gasteiger partial charge in [0.2, 0.25) is 5.82 Å². The van der Waals surface area contributed by atoms with Crippen LogP contribution >= 0.6 is 0 Å².